The normalized spacial score (nSPS) is 21.9. The van der Waals surface area contributed by atoms with Crippen LogP contribution in [0.3, 0.4) is 0 Å². The fraction of sp³-hybridized carbons (Fsp3) is 0.429. The molecule has 1 aromatic rings. The average Bonchev–Trinajstić information content (AvgIpc) is 2.76. The molecule has 1 heterocycles. The molecule has 1 aliphatic heterocycles. The number of urea groups is 1. The van der Waals surface area contributed by atoms with Gasteiger partial charge in [0.15, 0.2) is 0 Å². The smallest absolute Gasteiger partial charge is 0.326 e. The van der Waals surface area contributed by atoms with Gasteiger partial charge in [0.2, 0.25) is 0 Å². The molecule has 20 heavy (non-hydrogen) atoms. The van der Waals surface area contributed by atoms with Gasteiger partial charge in [-0.3, -0.25) is 0 Å². The molecular formula is C14H17FN2O3. The van der Waals surface area contributed by atoms with Gasteiger partial charge in [0.25, 0.3) is 0 Å². The Labute approximate surface area is 116 Å². The maximum atomic E-state index is 13.2. The van der Waals surface area contributed by atoms with Crippen LogP contribution in [0.15, 0.2) is 18.2 Å². The number of hydrogen-bond donors (Lipinski definition) is 2. The van der Waals surface area contributed by atoms with Crippen molar-refractivity contribution in [1.29, 1.82) is 0 Å². The van der Waals surface area contributed by atoms with E-state index in [0.29, 0.717) is 24.2 Å². The molecule has 6 heteroatoms. The summed E-state index contributed by atoms with van der Waals surface area (Å²) in [5, 5.41) is 11.8. The highest BCUT2D eigenvalue weighted by Crippen LogP contribution is 2.25. The zero-order chi connectivity index (χ0) is 14.9. The standard InChI is InChI=1S/C14H17FN2O3/c1-8-5-6-17(12(8)13(18)19)14(20)16-10-3-4-11(15)9(2)7-10/h3-4,7-8,12H,5-6H2,1-2H3,(H,16,20)(H,18,19). The second-order valence-electron chi connectivity index (χ2n) is 5.14. The number of hydrogen-bond acceptors (Lipinski definition) is 2. The predicted octanol–water partition coefficient (Wildman–Crippen LogP) is 2.46. The minimum atomic E-state index is -1.000. The molecule has 2 rings (SSSR count). The maximum Gasteiger partial charge on any atom is 0.326 e. The van der Waals surface area contributed by atoms with E-state index < -0.39 is 18.0 Å². The van der Waals surface area contributed by atoms with E-state index in [4.69, 9.17) is 0 Å². The third kappa shape index (κ3) is 2.74. The van der Waals surface area contributed by atoms with E-state index in [1.807, 2.05) is 6.92 Å². The van der Waals surface area contributed by atoms with Crippen molar-refractivity contribution in [3.05, 3.63) is 29.6 Å². The van der Waals surface area contributed by atoms with Gasteiger partial charge in [0, 0.05) is 12.2 Å². The lowest BCUT2D eigenvalue weighted by Crippen LogP contribution is -2.44. The number of benzene rings is 1. The zero-order valence-corrected chi connectivity index (χ0v) is 11.4. The van der Waals surface area contributed by atoms with Crippen molar-refractivity contribution >= 4 is 17.7 Å². The lowest BCUT2D eigenvalue weighted by molar-refractivity contribution is -0.142. The third-order valence-corrected chi connectivity index (χ3v) is 3.62. The molecule has 5 nitrogen and oxygen atoms in total. The van der Waals surface area contributed by atoms with E-state index in [0.717, 1.165) is 0 Å². The summed E-state index contributed by atoms with van der Waals surface area (Å²) in [5.74, 6) is -1.42. The van der Waals surface area contributed by atoms with E-state index in [1.165, 1.54) is 23.1 Å². The van der Waals surface area contributed by atoms with Crippen LogP contribution >= 0.6 is 0 Å². The molecule has 1 aromatic carbocycles. The molecule has 2 N–H and O–H groups in total. The number of halogens is 1. The van der Waals surface area contributed by atoms with Gasteiger partial charge in [0.05, 0.1) is 0 Å². The van der Waals surface area contributed by atoms with Crippen LogP contribution in [0.25, 0.3) is 0 Å². The number of carbonyl (C=O) groups is 2. The van der Waals surface area contributed by atoms with Gasteiger partial charge in [-0.2, -0.15) is 0 Å². The van der Waals surface area contributed by atoms with Gasteiger partial charge >= 0.3 is 12.0 Å². The number of carboxylic acid groups (broad SMARTS) is 1. The minimum Gasteiger partial charge on any atom is -0.480 e. The molecule has 2 atom stereocenters. The van der Waals surface area contributed by atoms with Crippen molar-refractivity contribution in [3.8, 4) is 0 Å². The van der Waals surface area contributed by atoms with E-state index in [2.05, 4.69) is 5.32 Å². The molecule has 0 spiro atoms. The molecule has 0 saturated carbocycles. The maximum absolute atomic E-state index is 13.2. The molecule has 1 aliphatic rings. The first kappa shape index (κ1) is 14.3. The van der Waals surface area contributed by atoms with Gasteiger partial charge in [0.1, 0.15) is 11.9 Å². The van der Waals surface area contributed by atoms with Crippen LogP contribution in [-0.4, -0.2) is 34.6 Å². The summed E-state index contributed by atoms with van der Waals surface area (Å²) in [6.07, 6.45) is 0.660. The number of nitrogens with one attached hydrogen (secondary N) is 1. The van der Waals surface area contributed by atoms with Gasteiger partial charge in [-0.15, -0.1) is 0 Å². The van der Waals surface area contributed by atoms with Crippen LogP contribution in [0.1, 0.15) is 18.9 Å². The van der Waals surface area contributed by atoms with Crippen LogP contribution in [0.5, 0.6) is 0 Å². The van der Waals surface area contributed by atoms with E-state index in [9.17, 15) is 19.1 Å². The highest BCUT2D eigenvalue weighted by Gasteiger charge is 2.39. The number of likely N-dealkylation sites (tertiary alicyclic amines) is 1. The van der Waals surface area contributed by atoms with Gasteiger partial charge < -0.3 is 15.3 Å². The molecule has 2 amide bonds. The number of aryl methyl sites for hydroxylation is 1. The minimum absolute atomic E-state index is 0.0757. The molecule has 108 valence electrons. The topological polar surface area (TPSA) is 69.6 Å². The van der Waals surface area contributed by atoms with Crippen LogP contribution in [-0.2, 0) is 4.79 Å². The molecular weight excluding hydrogens is 263 g/mol. The van der Waals surface area contributed by atoms with Gasteiger partial charge in [-0.1, -0.05) is 6.92 Å². The Morgan fingerprint density at radius 3 is 2.75 bits per heavy atom. The first-order valence-corrected chi connectivity index (χ1v) is 6.46. The van der Waals surface area contributed by atoms with Crippen molar-refractivity contribution in [2.45, 2.75) is 26.3 Å². The van der Waals surface area contributed by atoms with Crippen molar-refractivity contribution in [2.75, 3.05) is 11.9 Å². The number of carbonyl (C=O) groups excluding carboxylic acids is 1. The number of nitrogens with zero attached hydrogens (tertiary/aromatic N) is 1. The lowest BCUT2D eigenvalue weighted by atomic mass is 10.0. The van der Waals surface area contributed by atoms with Gasteiger partial charge in [-0.05, 0) is 43.0 Å². The molecule has 1 fully saturated rings. The Morgan fingerprint density at radius 2 is 2.15 bits per heavy atom. The summed E-state index contributed by atoms with van der Waals surface area (Å²) in [7, 11) is 0. The summed E-state index contributed by atoms with van der Waals surface area (Å²) < 4.78 is 13.2. The monoisotopic (exact) mass is 280 g/mol. The second-order valence-corrected chi connectivity index (χ2v) is 5.14. The van der Waals surface area contributed by atoms with E-state index in [1.54, 1.807) is 6.92 Å². The number of carboxylic acids is 1. The molecule has 2 unspecified atom stereocenters. The van der Waals surface area contributed by atoms with Crippen molar-refractivity contribution in [2.24, 2.45) is 5.92 Å². The van der Waals surface area contributed by atoms with Crippen molar-refractivity contribution in [1.82, 2.24) is 4.90 Å². The summed E-state index contributed by atoms with van der Waals surface area (Å²) in [4.78, 5) is 24.6. The number of aliphatic carboxylic acids is 1. The highest BCUT2D eigenvalue weighted by molar-refractivity contribution is 5.92. The Balaban J connectivity index is 2.11. The summed E-state index contributed by atoms with van der Waals surface area (Å²) in [5.41, 5.74) is 0.880. The SMILES string of the molecule is Cc1cc(NC(=O)N2CCC(C)C2C(=O)O)ccc1F. The number of anilines is 1. The van der Waals surface area contributed by atoms with Crippen molar-refractivity contribution in [3.63, 3.8) is 0 Å². The fourth-order valence-corrected chi connectivity index (χ4v) is 2.47. The summed E-state index contributed by atoms with van der Waals surface area (Å²) >= 11 is 0. The van der Waals surface area contributed by atoms with Crippen molar-refractivity contribution < 1.29 is 19.1 Å². The van der Waals surface area contributed by atoms with E-state index in [-0.39, 0.29) is 11.7 Å². The molecule has 1 saturated heterocycles. The average molecular weight is 280 g/mol. The Bertz CT molecular complexity index is 547. The fourth-order valence-electron chi connectivity index (χ4n) is 2.47. The number of rotatable bonds is 2. The van der Waals surface area contributed by atoms with Gasteiger partial charge in [-0.25, -0.2) is 14.0 Å². The zero-order valence-electron chi connectivity index (χ0n) is 11.4. The largest absolute Gasteiger partial charge is 0.480 e. The quantitative estimate of drug-likeness (QED) is 0.874. The van der Waals surface area contributed by atoms with Crippen LogP contribution in [0.2, 0.25) is 0 Å². The summed E-state index contributed by atoms with van der Waals surface area (Å²) in [6, 6.07) is 2.97. The molecule has 0 radical (unpaired) electrons. The lowest BCUT2D eigenvalue weighted by Gasteiger charge is -2.23. The molecule has 0 aliphatic carbocycles. The molecule has 0 aromatic heterocycles. The second kappa shape index (κ2) is 5.48. The number of amides is 2. The van der Waals surface area contributed by atoms with Crippen LogP contribution in [0.4, 0.5) is 14.9 Å². The first-order chi connectivity index (χ1) is 9.40. The summed E-state index contributed by atoms with van der Waals surface area (Å²) in [6.45, 7) is 3.82. The van der Waals surface area contributed by atoms with Crippen LogP contribution < -0.4 is 5.32 Å². The Kier molecular flexibility index (Phi) is 3.92. The third-order valence-electron chi connectivity index (χ3n) is 3.62. The Hall–Kier alpha value is -2.11. The molecule has 0 bridgehead atoms. The predicted molar refractivity (Wildman–Crippen MR) is 72.1 cm³/mol. The van der Waals surface area contributed by atoms with Crippen LogP contribution in [0, 0.1) is 18.7 Å². The Morgan fingerprint density at radius 1 is 1.45 bits per heavy atom. The highest BCUT2D eigenvalue weighted by atomic mass is 19.1. The first-order valence-electron chi connectivity index (χ1n) is 6.46. The van der Waals surface area contributed by atoms with E-state index >= 15 is 0 Å².